The summed E-state index contributed by atoms with van der Waals surface area (Å²) in [5.41, 5.74) is -0.267. The number of hydrogen-bond donors (Lipinski definition) is 0. The van der Waals surface area contributed by atoms with E-state index in [4.69, 9.17) is 5.26 Å². The molecular formula is C11H8BrF2NO2. The number of carbonyl (C=O) groups excluding carboxylic acids is 1. The number of nitriles is 1. The number of hydrogen-bond acceptors (Lipinski definition) is 3. The maximum Gasteiger partial charge on any atom is 0.337 e. The second kappa shape index (κ2) is 5.73. The second-order valence-electron chi connectivity index (χ2n) is 3.13. The van der Waals surface area contributed by atoms with Crippen molar-refractivity contribution in [3.05, 3.63) is 34.4 Å². The molecule has 0 amide bonds. The van der Waals surface area contributed by atoms with Crippen LogP contribution in [0, 0.1) is 11.3 Å². The van der Waals surface area contributed by atoms with E-state index in [2.05, 4.69) is 20.7 Å². The standard InChI is InChI=1S/C11H8BrF2NO2/c1-17-11(16)6-2-7(4-12)9(10(13)14)8(3-6)5-15/h2-3,10H,4H2,1H3. The molecule has 1 aromatic carbocycles. The van der Waals surface area contributed by atoms with Crippen LogP contribution in [-0.4, -0.2) is 13.1 Å². The van der Waals surface area contributed by atoms with Crippen molar-refractivity contribution >= 4 is 21.9 Å². The van der Waals surface area contributed by atoms with Gasteiger partial charge in [-0.2, -0.15) is 5.26 Å². The summed E-state index contributed by atoms with van der Waals surface area (Å²) in [6.07, 6.45) is -2.76. The zero-order valence-corrected chi connectivity index (χ0v) is 10.4. The molecule has 0 atom stereocenters. The highest BCUT2D eigenvalue weighted by atomic mass is 79.9. The van der Waals surface area contributed by atoms with Gasteiger partial charge in [0.25, 0.3) is 6.43 Å². The van der Waals surface area contributed by atoms with Crippen LogP contribution >= 0.6 is 15.9 Å². The summed E-state index contributed by atoms with van der Waals surface area (Å²) >= 11 is 3.05. The molecule has 1 rings (SSSR count). The van der Waals surface area contributed by atoms with Crippen LogP contribution < -0.4 is 0 Å². The fourth-order valence-corrected chi connectivity index (χ4v) is 1.87. The maximum absolute atomic E-state index is 12.8. The molecule has 90 valence electrons. The molecule has 17 heavy (non-hydrogen) atoms. The fourth-order valence-electron chi connectivity index (χ4n) is 1.41. The number of alkyl halides is 3. The molecule has 0 fully saturated rings. The van der Waals surface area contributed by atoms with Crippen LogP contribution in [0.2, 0.25) is 0 Å². The quantitative estimate of drug-likeness (QED) is 0.636. The number of nitrogens with zero attached hydrogens (tertiary/aromatic N) is 1. The summed E-state index contributed by atoms with van der Waals surface area (Å²) in [5, 5.41) is 8.95. The average molecular weight is 304 g/mol. The monoisotopic (exact) mass is 303 g/mol. The molecule has 0 spiro atoms. The third kappa shape index (κ3) is 2.80. The van der Waals surface area contributed by atoms with Crippen LogP contribution in [-0.2, 0) is 10.1 Å². The Labute approximate surface area is 105 Å². The van der Waals surface area contributed by atoms with Crippen LogP contribution in [0.15, 0.2) is 12.1 Å². The zero-order valence-electron chi connectivity index (χ0n) is 8.84. The summed E-state index contributed by atoms with van der Waals surface area (Å²) in [5.74, 6) is -0.662. The first-order valence-electron chi connectivity index (χ1n) is 4.54. The molecule has 0 aliphatic rings. The van der Waals surface area contributed by atoms with E-state index in [0.717, 1.165) is 6.07 Å². The SMILES string of the molecule is COC(=O)c1cc(C#N)c(C(F)F)c(CBr)c1. The smallest absolute Gasteiger partial charge is 0.337 e. The van der Waals surface area contributed by atoms with Crippen molar-refractivity contribution in [1.82, 2.24) is 0 Å². The van der Waals surface area contributed by atoms with Crippen molar-refractivity contribution in [1.29, 1.82) is 5.26 Å². The molecule has 3 nitrogen and oxygen atoms in total. The van der Waals surface area contributed by atoms with E-state index in [0.29, 0.717) is 0 Å². The van der Waals surface area contributed by atoms with Crippen LogP contribution in [0.1, 0.15) is 33.5 Å². The van der Waals surface area contributed by atoms with Gasteiger partial charge in [0.2, 0.25) is 0 Å². The Hall–Kier alpha value is -1.48. The van der Waals surface area contributed by atoms with E-state index < -0.39 is 12.4 Å². The molecule has 0 saturated heterocycles. The lowest BCUT2D eigenvalue weighted by molar-refractivity contribution is 0.0600. The van der Waals surface area contributed by atoms with Gasteiger partial charge in [0.15, 0.2) is 0 Å². The van der Waals surface area contributed by atoms with Gasteiger partial charge in [0.05, 0.1) is 24.3 Å². The van der Waals surface area contributed by atoms with Crippen molar-refractivity contribution in [2.45, 2.75) is 11.8 Å². The lowest BCUT2D eigenvalue weighted by Crippen LogP contribution is -2.06. The Bertz CT molecular complexity index is 483. The van der Waals surface area contributed by atoms with Crippen LogP contribution in [0.25, 0.3) is 0 Å². The summed E-state index contributed by atoms with van der Waals surface area (Å²) in [7, 11) is 1.18. The molecule has 0 saturated carbocycles. The third-order valence-electron chi connectivity index (χ3n) is 2.17. The van der Waals surface area contributed by atoms with E-state index in [1.165, 1.54) is 13.2 Å². The number of benzene rings is 1. The number of halogens is 3. The molecule has 0 N–H and O–H groups in total. The first-order valence-corrected chi connectivity index (χ1v) is 5.66. The summed E-state index contributed by atoms with van der Waals surface area (Å²) in [4.78, 5) is 11.3. The molecule has 0 aliphatic heterocycles. The van der Waals surface area contributed by atoms with Gasteiger partial charge in [0.1, 0.15) is 0 Å². The Morgan fingerprint density at radius 1 is 1.59 bits per heavy atom. The normalized spacial score (nSPS) is 10.1. The van der Waals surface area contributed by atoms with Gasteiger partial charge in [-0.1, -0.05) is 15.9 Å². The van der Waals surface area contributed by atoms with Crippen LogP contribution in [0.3, 0.4) is 0 Å². The van der Waals surface area contributed by atoms with Crippen molar-refractivity contribution in [3.63, 3.8) is 0 Å². The van der Waals surface area contributed by atoms with Crippen molar-refractivity contribution in [2.75, 3.05) is 7.11 Å². The summed E-state index contributed by atoms with van der Waals surface area (Å²) in [6.45, 7) is 0. The Morgan fingerprint density at radius 3 is 2.65 bits per heavy atom. The number of methoxy groups -OCH3 is 1. The second-order valence-corrected chi connectivity index (χ2v) is 3.70. The maximum atomic E-state index is 12.8. The Kier molecular flexibility index (Phi) is 4.58. The van der Waals surface area contributed by atoms with Gasteiger partial charge in [-0.05, 0) is 17.7 Å². The van der Waals surface area contributed by atoms with Gasteiger partial charge in [-0.25, -0.2) is 13.6 Å². The highest BCUT2D eigenvalue weighted by Gasteiger charge is 2.20. The van der Waals surface area contributed by atoms with Crippen molar-refractivity contribution in [3.8, 4) is 6.07 Å². The van der Waals surface area contributed by atoms with Gasteiger partial charge in [-0.15, -0.1) is 0 Å². The van der Waals surface area contributed by atoms with Gasteiger partial charge in [0, 0.05) is 10.9 Å². The predicted molar refractivity (Wildman–Crippen MR) is 60.1 cm³/mol. The first kappa shape index (κ1) is 13.6. The molecule has 0 aromatic heterocycles. The van der Waals surface area contributed by atoms with E-state index in [-0.39, 0.29) is 27.6 Å². The molecule has 0 unspecified atom stereocenters. The third-order valence-corrected chi connectivity index (χ3v) is 2.77. The number of rotatable bonds is 3. The van der Waals surface area contributed by atoms with E-state index in [1.807, 2.05) is 0 Å². The highest BCUT2D eigenvalue weighted by molar-refractivity contribution is 9.08. The minimum atomic E-state index is -2.76. The molecule has 0 aliphatic carbocycles. The van der Waals surface area contributed by atoms with Gasteiger partial charge < -0.3 is 4.74 Å². The van der Waals surface area contributed by atoms with E-state index >= 15 is 0 Å². The molecular weight excluding hydrogens is 296 g/mol. The van der Waals surface area contributed by atoms with Crippen molar-refractivity contribution < 1.29 is 18.3 Å². The highest BCUT2D eigenvalue weighted by Crippen LogP contribution is 2.29. The van der Waals surface area contributed by atoms with Crippen LogP contribution in [0.5, 0.6) is 0 Å². The average Bonchev–Trinajstić information content (AvgIpc) is 2.35. The zero-order chi connectivity index (χ0) is 13.0. The van der Waals surface area contributed by atoms with E-state index in [1.54, 1.807) is 6.07 Å². The number of esters is 1. The number of carbonyl (C=O) groups is 1. The van der Waals surface area contributed by atoms with Gasteiger partial charge in [-0.3, -0.25) is 0 Å². The fraction of sp³-hybridized carbons (Fsp3) is 0.273. The number of ether oxygens (including phenoxy) is 1. The predicted octanol–water partition coefficient (Wildman–Crippen LogP) is 3.18. The Morgan fingerprint density at radius 2 is 2.24 bits per heavy atom. The molecule has 6 heteroatoms. The minimum absolute atomic E-state index is 0.0860. The lowest BCUT2D eigenvalue weighted by Gasteiger charge is -2.10. The summed E-state index contributed by atoms with van der Waals surface area (Å²) < 4.78 is 30.1. The van der Waals surface area contributed by atoms with Crippen LogP contribution in [0.4, 0.5) is 8.78 Å². The Balaban J connectivity index is 3.46. The molecule has 0 radical (unpaired) electrons. The largest absolute Gasteiger partial charge is 0.465 e. The topological polar surface area (TPSA) is 50.1 Å². The van der Waals surface area contributed by atoms with Crippen molar-refractivity contribution in [2.24, 2.45) is 0 Å². The molecule has 1 aromatic rings. The van der Waals surface area contributed by atoms with E-state index in [9.17, 15) is 13.6 Å². The summed E-state index contributed by atoms with van der Waals surface area (Å²) in [6, 6.07) is 4.07. The minimum Gasteiger partial charge on any atom is -0.465 e. The lowest BCUT2D eigenvalue weighted by atomic mass is 9.99. The molecule has 0 bridgehead atoms. The molecule has 0 heterocycles. The first-order chi connectivity index (χ1) is 8.04. The van der Waals surface area contributed by atoms with Gasteiger partial charge >= 0.3 is 5.97 Å².